The maximum atomic E-state index is 12.4. The molecule has 10 heteroatoms. The number of hydrogen-bond donors (Lipinski definition) is 2. The molecule has 156 valence electrons. The maximum Gasteiger partial charge on any atom is 0.312 e. The predicted octanol–water partition coefficient (Wildman–Crippen LogP) is 3.11. The SMILES string of the molecule is Cc1nn(CCCC(=O)Nc2sc3c(c2C(N)=O)CC[C@H](C)C3)c(C)c1[N+](=O)[O-]. The number of hydrogen-bond acceptors (Lipinski definition) is 6. The first-order valence-electron chi connectivity index (χ1n) is 9.61. The van der Waals surface area contributed by atoms with Gasteiger partial charge in [-0.25, -0.2) is 0 Å². The van der Waals surface area contributed by atoms with Crippen LogP contribution in [-0.4, -0.2) is 26.5 Å². The van der Waals surface area contributed by atoms with Crippen LogP contribution in [0, 0.1) is 29.9 Å². The van der Waals surface area contributed by atoms with E-state index in [1.807, 2.05) is 0 Å². The lowest BCUT2D eigenvalue weighted by molar-refractivity contribution is -0.386. The van der Waals surface area contributed by atoms with Crippen molar-refractivity contribution < 1.29 is 14.5 Å². The van der Waals surface area contributed by atoms with Crippen LogP contribution >= 0.6 is 11.3 Å². The van der Waals surface area contributed by atoms with Crippen molar-refractivity contribution in [1.82, 2.24) is 9.78 Å². The summed E-state index contributed by atoms with van der Waals surface area (Å²) < 4.78 is 1.56. The first-order valence-corrected chi connectivity index (χ1v) is 10.4. The second kappa shape index (κ2) is 8.32. The molecular formula is C19H25N5O4S. The third-order valence-electron chi connectivity index (χ3n) is 5.31. The summed E-state index contributed by atoms with van der Waals surface area (Å²) in [5, 5.41) is 18.6. The second-order valence-corrected chi connectivity index (χ2v) is 8.68. The van der Waals surface area contributed by atoms with Gasteiger partial charge in [0, 0.05) is 17.8 Å². The molecule has 1 aliphatic carbocycles. The number of rotatable bonds is 7. The van der Waals surface area contributed by atoms with Crippen molar-refractivity contribution in [3.8, 4) is 0 Å². The quantitative estimate of drug-likeness (QED) is 0.525. The van der Waals surface area contributed by atoms with E-state index < -0.39 is 10.8 Å². The molecule has 0 bridgehead atoms. The Morgan fingerprint density at radius 1 is 1.41 bits per heavy atom. The average molecular weight is 420 g/mol. The van der Waals surface area contributed by atoms with E-state index in [9.17, 15) is 19.7 Å². The number of aromatic nitrogens is 2. The Morgan fingerprint density at radius 2 is 2.14 bits per heavy atom. The van der Waals surface area contributed by atoms with E-state index in [0.29, 0.717) is 40.8 Å². The fourth-order valence-electron chi connectivity index (χ4n) is 3.85. The molecule has 0 radical (unpaired) electrons. The summed E-state index contributed by atoms with van der Waals surface area (Å²) in [5.41, 5.74) is 7.85. The highest BCUT2D eigenvalue weighted by atomic mass is 32.1. The number of fused-ring (bicyclic) bond motifs is 1. The Morgan fingerprint density at radius 3 is 2.76 bits per heavy atom. The molecule has 1 aliphatic rings. The molecule has 29 heavy (non-hydrogen) atoms. The number of primary amides is 1. The zero-order valence-electron chi connectivity index (χ0n) is 16.8. The molecule has 0 aliphatic heterocycles. The van der Waals surface area contributed by atoms with Crippen LogP contribution < -0.4 is 11.1 Å². The highest BCUT2D eigenvalue weighted by Gasteiger charge is 2.27. The first-order chi connectivity index (χ1) is 13.7. The summed E-state index contributed by atoms with van der Waals surface area (Å²) in [6.07, 6.45) is 3.39. The summed E-state index contributed by atoms with van der Waals surface area (Å²) in [6.45, 7) is 5.82. The van der Waals surface area contributed by atoms with Crippen molar-refractivity contribution in [2.24, 2.45) is 11.7 Å². The molecule has 2 heterocycles. The number of nitrogens with zero attached hydrogens (tertiary/aromatic N) is 3. The Labute approximate surface area is 172 Å². The number of nitrogens with two attached hydrogens (primary N) is 1. The summed E-state index contributed by atoms with van der Waals surface area (Å²) in [6, 6.07) is 0. The van der Waals surface area contributed by atoms with Crippen molar-refractivity contribution in [1.29, 1.82) is 0 Å². The molecule has 0 unspecified atom stereocenters. The molecule has 0 spiro atoms. The molecular weight excluding hydrogens is 394 g/mol. The van der Waals surface area contributed by atoms with Crippen LogP contribution in [0.2, 0.25) is 0 Å². The van der Waals surface area contributed by atoms with Gasteiger partial charge < -0.3 is 11.1 Å². The first kappa shape index (κ1) is 21.0. The summed E-state index contributed by atoms with van der Waals surface area (Å²) in [4.78, 5) is 36.2. The Balaban J connectivity index is 1.64. The van der Waals surface area contributed by atoms with Gasteiger partial charge in [0.05, 0.1) is 10.5 Å². The Bertz CT molecular complexity index is 978. The maximum absolute atomic E-state index is 12.4. The van der Waals surface area contributed by atoms with E-state index in [0.717, 1.165) is 29.7 Å². The van der Waals surface area contributed by atoms with Gasteiger partial charge >= 0.3 is 5.69 Å². The van der Waals surface area contributed by atoms with Gasteiger partial charge in [-0.1, -0.05) is 6.92 Å². The van der Waals surface area contributed by atoms with Crippen LogP contribution in [0.25, 0.3) is 0 Å². The number of anilines is 1. The number of carbonyl (C=O) groups excluding carboxylic acids is 2. The average Bonchev–Trinajstić information content (AvgIpc) is 3.10. The van der Waals surface area contributed by atoms with Crippen molar-refractivity contribution in [2.75, 3.05) is 5.32 Å². The zero-order chi connectivity index (χ0) is 21.3. The molecule has 3 rings (SSSR count). The van der Waals surface area contributed by atoms with Gasteiger partial charge in [0.2, 0.25) is 5.91 Å². The number of carbonyl (C=O) groups is 2. The fourth-order valence-corrected chi connectivity index (χ4v) is 5.28. The predicted molar refractivity (Wildman–Crippen MR) is 110 cm³/mol. The summed E-state index contributed by atoms with van der Waals surface area (Å²) in [7, 11) is 0. The van der Waals surface area contributed by atoms with Crippen molar-refractivity contribution in [3.63, 3.8) is 0 Å². The van der Waals surface area contributed by atoms with E-state index in [1.165, 1.54) is 11.3 Å². The van der Waals surface area contributed by atoms with Gasteiger partial charge in [0.15, 0.2) is 0 Å². The van der Waals surface area contributed by atoms with Crippen LogP contribution in [0.3, 0.4) is 0 Å². The zero-order valence-corrected chi connectivity index (χ0v) is 17.6. The van der Waals surface area contributed by atoms with E-state index in [4.69, 9.17) is 5.73 Å². The van der Waals surface area contributed by atoms with Crippen molar-refractivity contribution in [3.05, 3.63) is 37.5 Å². The molecule has 2 aromatic heterocycles. The minimum absolute atomic E-state index is 0.0129. The van der Waals surface area contributed by atoms with Gasteiger partial charge in [0.25, 0.3) is 5.91 Å². The molecule has 9 nitrogen and oxygen atoms in total. The number of nitrogens with one attached hydrogen (secondary N) is 1. The van der Waals surface area contributed by atoms with Crippen LogP contribution in [0.5, 0.6) is 0 Å². The van der Waals surface area contributed by atoms with E-state index in [1.54, 1.807) is 18.5 Å². The Kier molecular flexibility index (Phi) is 6.02. The van der Waals surface area contributed by atoms with Crippen LogP contribution in [-0.2, 0) is 24.2 Å². The minimum atomic E-state index is -0.512. The topological polar surface area (TPSA) is 133 Å². The normalized spacial score (nSPS) is 15.8. The van der Waals surface area contributed by atoms with E-state index in [2.05, 4.69) is 17.3 Å². The molecule has 0 aromatic carbocycles. The van der Waals surface area contributed by atoms with Gasteiger partial charge in [-0.05, 0) is 51.0 Å². The van der Waals surface area contributed by atoms with Gasteiger partial charge in [-0.15, -0.1) is 11.3 Å². The molecule has 2 amide bonds. The third-order valence-corrected chi connectivity index (χ3v) is 6.48. The molecule has 0 fully saturated rings. The lowest BCUT2D eigenvalue weighted by Gasteiger charge is -2.18. The van der Waals surface area contributed by atoms with Crippen LogP contribution in [0.15, 0.2) is 0 Å². The summed E-state index contributed by atoms with van der Waals surface area (Å²) >= 11 is 1.44. The fraction of sp³-hybridized carbons (Fsp3) is 0.526. The molecule has 0 saturated carbocycles. The number of nitro groups is 1. The second-order valence-electron chi connectivity index (χ2n) is 7.57. The number of thiophene rings is 1. The molecule has 3 N–H and O–H groups in total. The molecule has 0 saturated heterocycles. The van der Waals surface area contributed by atoms with Crippen LogP contribution in [0.4, 0.5) is 10.7 Å². The van der Waals surface area contributed by atoms with E-state index in [-0.39, 0.29) is 18.0 Å². The lowest BCUT2D eigenvalue weighted by Crippen LogP contribution is -2.19. The van der Waals surface area contributed by atoms with E-state index >= 15 is 0 Å². The van der Waals surface area contributed by atoms with Gasteiger partial charge in [-0.2, -0.15) is 5.10 Å². The Hall–Kier alpha value is -2.75. The number of aryl methyl sites for hydroxylation is 2. The molecule has 2 aromatic rings. The van der Waals surface area contributed by atoms with Gasteiger partial charge in [-0.3, -0.25) is 24.4 Å². The number of amides is 2. The van der Waals surface area contributed by atoms with Crippen molar-refractivity contribution >= 4 is 33.8 Å². The summed E-state index contributed by atoms with van der Waals surface area (Å²) in [5.74, 6) is -0.173. The lowest BCUT2D eigenvalue weighted by atomic mass is 9.88. The van der Waals surface area contributed by atoms with Crippen molar-refractivity contribution in [2.45, 2.75) is 59.4 Å². The van der Waals surface area contributed by atoms with Crippen LogP contribution in [0.1, 0.15) is 58.4 Å². The monoisotopic (exact) mass is 419 g/mol. The highest BCUT2D eigenvalue weighted by Crippen LogP contribution is 2.39. The smallest absolute Gasteiger partial charge is 0.312 e. The molecule has 1 atom stereocenters. The largest absolute Gasteiger partial charge is 0.365 e. The highest BCUT2D eigenvalue weighted by molar-refractivity contribution is 7.17. The minimum Gasteiger partial charge on any atom is -0.365 e. The third kappa shape index (κ3) is 4.31. The standard InChI is InChI=1S/C19H25N5O4S/c1-10-6-7-13-14(9-10)29-19(16(13)18(20)26)21-15(25)5-4-8-23-12(3)17(24(27)28)11(2)22-23/h10H,4-9H2,1-3H3,(H2,20,26)(H,21,25)/t10-/m0/s1. The van der Waals surface area contributed by atoms with Gasteiger partial charge in [0.1, 0.15) is 16.4 Å².